The zero-order chi connectivity index (χ0) is 16.8. The molecule has 0 bridgehead atoms. The topological polar surface area (TPSA) is 48.5 Å². The van der Waals surface area contributed by atoms with Gasteiger partial charge in [-0.25, -0.2) is 4.98 Å². The van der Waals surface area contributed by atoms with Crippen LogP contribution >= 0.6 is 0 Å². The van der Waals surface area contributed by atoms with E-state index in [4.69, 9.17) is 0 Å². The van der Waals surface area contributed by atoms with Gasteiger partial charge >= 0.3 is 0 Å². The lowest BCUT2D eigenvalue weighted by Crippen LogP contribution is -2.54. The fraction of sp³-hybridized carbons (Fsp3) is 0.368. The number of hydrogen-bond acceptors (Lipinski definition) is 4. The van der Waals surface area contributed by atoms with Crippen LogP contribution in [0.4, 0.5) is 5.82 Å². The van der Waals surface area contributed by atoms with Crippen molar-refractivity contribution >= 4 is 11.7 Å². The van der Waals surface area contributed by atoms with Gasteiger partial charge in [0.25, 0.3) is 0 Å². The Bertz CT molecular complexity index is 639. The molecule has 1 amide bonds. The van der Waals surface area contributed by atoms with Crippen molar-refractivity contribution in [1.82, 2.24) is 15.2 Å². The van der Waals surface area contributed by atoms with Gasteiger partial charge in [0.05, 0.1) is 6.04 Å². The van der Waals surface area contributed by atoms with Crippen molar-refractivity contribution in [2.24, 2.45) is 0 Å². The van der Waals surface area contributed by atoms with E-state index >= 15 is 0 Å². The molecule has 0 spiro atoms. The van der Waals surface area contributed by atoms with Gasteiger partial charge in [-0.1, -0.05) is 36.4 Å². The van der Waals surface area contributed by atoms with E-state index < -0.39 is 0 Å². The largest absolute Gasteiger partial charge is 0.354 e. The number of benzene rings is 1. The minimum atomic E-state index is -0.111. The minimum absolute atomic E-state index is 0.0881. The summed E-state index contributed by atoms with van der Waals surface area (Å²) >= 11 is 0. The second kappa shape index (κ2) is 7.93. The molecule has 126 valence electrons. The third kappa shape index (κ3) is 4.11. The van der Waals surface area contributed by atoms with Gasteiger partial charge in [0.2, 0.25) is 5.91 Å². The van der Waals surface area contributed by atoms with E-state index in [9.17, 15) is 4.79 Å². The van der Waals surface area contributed by atoms with E-state index in [0.717, 1.165) is 37.6 Å². The summed E-state index contributed by atoms with van der Waals surface area (Å²) in [7, 11) is 0. The number of aromatic nitrogens is 1. The molecule has 5 nitrogen and oxygen atoms in total. The Labute approximate surface area is 143 Å². The Balaban J connectivity index is 1.47. The van der Waals surface area contributed by atoms with Gasteiger partial charge < -0.3 is 10.2 Å². The van der Waals surface area contributed by atoms with Crippen molar-refractivity contribution in [3.8, 4) is 0 Å². The third-order valence-corrected chi connectivity index (χ3v) is 4.52. The number of pyridine rings is 1. The molecule has 24 heavy (non-hydrogen) atoms. The van der Waals surface area contributed by atoms with Crippen molar-refractivity contribution in [2.45, 2.75) is 19.5 Å². The number of nitrogens with one attached hydrogen (secondary N) is 1. The van der Waals surface area contributed by atoms with Crippen LogP contribution in [-0.4, -0.2) is 48.0 Å². The number of nitrogens with zero attached hydrogens (tertiary/aromatic N) is 3. The molecular formula is C19H24N4O. The highest BCUT2D eigenvalue weighted by molar-refractivity contribution is 5.81. The Morgan fingerprint density at radius 3 is 2.46 bits per heavy atom. The van der Waals surface area contributed by atoms with Crippen molar-refractivity contribution in [2.75, 3.05) is 31.1 Å². The van der Waals surface area contributed by atoms with E-state index in [-0.39, 0.29) is 11.9 Å². The van der Waals surface area contributed by atoms with Gasteiger partial charge in [0.15, 0.2) is 0 Å². The monoisotopic (exact) mass is 324 g/mol. The van der Waals surface area contributed by atoms with Gasteiger partial charge in [-0.05, 0) is 24.6 Å². The Morgan fingerprint density at radius 2 is 1.79 bits per heavy atom. The van der Waals surface area contributed by atoms with E-state index in [2.05, 4.69) is 20.1 Å². The van der Waals surface area contributed by atoms with Crippen molar-refractivity contribution in [3.05, 3.63) is 60.3 Å². The van der Waals surface area contributed by atoms with Crippen LogP contribution in [-0.2, 0) is 11.3 Å². The first-order chi connectivity index (χ1) is 11.7. The highest BCUT2D eigenvalue weighted by atomic mass is 16.2. The van der Waals surface area contributed by atoms with Gasteiger partial charge in [0, 0.05) is 38.9 Å². The Kier molecular flexibility index (Phi) is 5.43. The lowest BCUT2D eigenvalue weighted by Gasteiger charge is -2.37. The predicted octanol–water partition coefficient (Wildman–Crippen LogP) is 1.91. The van der Waals surface area contributed by atoms with Crippen LogP contribution in [0.5, 0.6) is 0 Å². The molecule has 0 aliphatic carbocycles. The Morgan fingerprint density at radius 1 is 1.08 bits per heavy atom. The Hall–Kier alpha value is -2.40. The fourth-order valence-electron chi connectivity index (χ4n) is 2.98. The number of piperazine rings is 1. The number of anilines is 1. The summed E-state index contributed by atoms with van der Waals surface area (Å²) in [6.45, 7) is 6.10. The minimum Gasteiger partial charge on any atom is -0.354 e. The summed E-state index contributed by atoms with van der Waals surface area (Å²) in [5, 5.41) is 3.03. The number of rotatable bonds is 5. The normalized spacial score (nSPS) is 16.6. The fourth-order valence-corrected chi connectivity index (χ4v) is 2.98. The molecular weight excluding hydrogens is 300 g/mol. The summed E-state index contributed by atoms with van der Waals surface area (Å²) in [6, 6.07) is 15.9. The summed E-state index contributed by atoms with van der Waals surface area (Å²) in [4.78, 5) is 21.3. The van der Waals surface area contributed by atoms with Gasteiger partial charge in [0.1, 0.15) is 5.82 Å². The molecule has 2 heterocycles. The first-order valence-corrected chi connectivity index (χ1v) is 8.46. The number of carbonyl (C=O) groups is 1. The van der Waals surface area contributed by atoms with Gasteiger partial charge in [-0.15, -0.1) is 0 Å². The molecule has 1 fully saturated rings. The predicted molar refractivity (Wildman–Crippen MR) is 95.8 cm³/mol. The summed E-state index contributed by atoms with van der Waals surface area (Å²) in [5.41, 5.74) is 1.12. The van der Waals surface area contributed by atoms with Crippen molar-refractivity contribution < 1.29 is 4.79 Å². The second-order valence-corrected chi connectivity index (χ2v) is 6.09. The van der Waals surface area contributed by atoms with E-state index in [1.165, 1.54) is 0 Å². The molecule has 3 rings (SSSR count). The first kappa shape index (κ1) is 16.5. The molecule has 1 saturated heterocycles. The molecule has 1 aromatic heterocycles. The molecule has 1 aliphatic rings. The summed E-state index contributed by atoms with van der Waals surface area (Å²) in [5.74, 6) is 1.10. The van der Waals surface area contributed by atoms with Gasteiger partial charge in [-0.2, -0.15) is 0 Å². The van der Waals surface area contributed by atoms with Crippen LogP contribution in [0.25, 0.3) is 0 Å². The zero-order valence-corrected chi connectivity index (χ0v) is 14.1. The lowest BCUT2D eigenvalue weighted by molar-refractivity contribution is -0.126. The first-order valence-electron chi connectivity index (χ1n) is 8.46. The van der Waals surface area contributed by atoms with Crippen LogP contribution in [0, 0.1) is 0 Å². The molecule has 1 aliphatic heterocycles. The second-order valence-electron chi connectivity index (χ2n) is 6.09. The van der Waals surface area contributed by atoms with Crippen LogP contribution in [0.2, 0.25) is 0 Å². The van der Waals surface area contributed by atoms with E-state index in [0.29, 0.717) is 6.54 Å². The zero-order valence-electron chi connectivity index (χ0n) is 14.1. The summed E-state index contributed by atoms with van der Waals surface area (Å²) in [6.07, 6.45) is 1.82. The highest BCUT2D eigenvalue weighted by Gasteiger charge is 2.25. The summed E-state index contributed by atoms with van der Waals surface area (Å²) < 4.78 is 0. The molecule has 0 saturated carbocycles. The van der Waals surface area contributed by atoms with Crippen LogP contribution in [0.15, 0.2) is 54.7 Å². The number of carbonyl (C=O) groups excluding carboxylic acids is 1. The molecule has 5 heteroatoms. The van der Waals surface area contributed by atoms with Crippen molar-refractivity contribution in [1.29, 1.82) is 0 Å². The number of hydrogen-bond donors (Lipinski definition) is 1. The van der Waals surface area contributed by atoms with Crippen LogP contribution < -0.4 is 10.2 Å². The average Bonchev–Trinajstić information content (AvgIpc) is 2.67. The van der Waals surface area contributed by atoms with Crippen LogP contribution in [0.1, 0.15) is 12.5 Å². The molecule has 0 radical (unpaired) electrons. The number of amides is 1. The molecule has 1 aromatic carbocycles. The van der Waals surface area contributed by atoms with E-state index in [1.54, 1.807) is 0 Å². The quantitative estimate of drug-likeness (QED) is 0.913. The molecule has 2 aromatic rings. The standard InChI is InChI=1S/C19H24N4O/c1-16(19(24)21-15-17-7-3-2-4-8-17)22-11-13-23(14-12-22)18-9-5-6-10-20-18/h2-10,16H,11-15H2,1H3,(H,21,24). The van der Waals surface area contributed by atoms with Crippen LogP contribution in [0.3, 0.4) is 0 Å². The van der Waals surface area contributed by atoms with E-state index in [1.807, 2.05) is 61.7 Å². The maximum atomic E-state index is 12.4. The smallest absolute Gasteiger partial charge is 0.237 e. The maximum absolute atomic E-state index is 12.4. The lowest BCUT2D eigenvalue weighted by atomic mass is 10.2. The maximum Gasteiger partial charge on any atom is 0.237 e. The van der Waals surface area contributed by atoms with Crippen molar-refractivity contribution in [3.63, 3.8) is 0 Å². The third-order valence-electron chi connectivity index (χ3n) is 4.52. The SMILES string of the molecule is CC(C(=O)NCc1ccccc1)N1CCN(c2ccccn2)CC1. The molecule has 1 atom stereocenters. The molecule has 1 N–H and O–H groups in total. The molecule has 1 unspecified atom stereocenters. The van der Waals surface area contributed by atoms with Gasteiger partial charge in [-0.3, -0.25) is 9.69 Å². The average molecular weight is 324 g/mol. The highest BCUT2D eigenvalue weighted by Crippen LogP contribution is 2.14.